The summed E-state index contributed by atoms with van der Waals surface area (Å²) in [7, 11) is 1.33. The molecule has 0 spiro atoms. The summed E-state index contributed by atoms with van der Waals surface area (Å²) in [6.45, 7) is 1.20. The topological polar surface area (TPSA) is 64.4 Å². The molecule has 17 heavy (non-hydrogen) atoms. The highest BCUT2D eigenvalue weighted by molar-refractivity contribution is 7.07. The second kappa shape index (κ2) is 5.60. The molecule has 0 aliphatic heterocycles. The lowest BCUT2D eigenvalue weighted by Crippen LogP contribution is -2.15. The van der Waals surface area contributed by atoms with Crippen LogP contribution >= 0.6 is 11.3 Å². The molecule has 0 saturated carbocycles. The molecular formula is C11H12N2O3S. The number of ether oxygens (including phenoxy) is 1. The minimum Gasteiger partial charge on any atom is -0.463 e. The summed E-state index contributed by atoms with van der Waals surface area (Å²) in [6, 6.07) is 1.75. The predicted octanol–water partition coefficient (Wildman–Crippen LogP) is 1.81. The van der Waals surface area contributed by atoms with E-state index in [1.165, 1.54) is 13.4 Å². The van der Waals surface area contributed by atoms with E-state index in [4.69, 9.17) is 4.42 Å². The molecule has 0 atom stereocenters. The molecule has 2 heterocycles. The summed E-state index contributed by atoms with van der Waals surface area (Å²) >= 11 is 1.56. The monoisotopic (exact) mass is 252 g/mol. The lowest BCUT2D eigenvalue weighted by Gasteiger charge is -2.02. The first kappa shape index (κ1) is 11.8. The number of thiazole rings is 1. The Morgan fingerprint density at radius 1 is 1.59 bits per heavy atom. The molecule has 0 aromatic carbocycles. The summed E-state index contributed by atoms with van der Waals surface area (Å²) in [6.07, 6.45) is 1.48. The minimum absolute atomic E-state index is 0.248. The van der Waals surface area contributed by atoms with Crippen LogP contribution in [0.15, 0.2) is 27.6 Å². The van der Waals surface area contributed by atoms with Crippen molar-refractivity contribution in [2.45, 2.75) is 13.1 Å². The molecule has 0 amide bonds. The average Bonchev–Trinajstić information content (AvgIpc) is 2.99. The van der Waals surface area contributed by atoms with Crippen molar-refractivity contribution in [1.29, 1.82) is 0 Å². The van der Waals surface area contributed by atoms with Crippen LogP contribution < -0.4 is 5.32 Å². The van der Waals surface area contributed by atoms with Gasteiger partial charge in [0, 0.05) is 24.0 Å². The van der Waals surface area contributed by atoms with Gasteiger partial charge < -0.3 is 14.5 Å². The van der Waals surface area contributed by atoms with Gasteiger partial charge in [-0.1, -0.05) is 0 Å². The van der Waals surface area contributed by atoms with Crippen molar-refractivity contribution in [3.8, 4) is 0 Å². The van der Waals surface area contributed by atoms with Crippen LogP contribution in [-0.4, -0.2) is 18.1 Å². The molecule has 5 nitrogen and oxygen atoms in total. The molecule has 2 rings (SSSR count). The Morgan fingerprint density at radius 3 is 3.18 bits per heavy atom. The van der Waals surface area contributed by atoms with E-state index in [9.17, 15) is 4.79 Å². The highest BCUT2D eigenvalue weighted by Gasteiger charge is 2.15. The molecule has 2 aromatic heterocycles. The van der Waals surface area contributed by atoms with E-state index in [0.717, 1.165) is 11.3 Å². The van der Waals surface area contributed by atoms with Crippen LogP contribution in [-0.2, 0) is 17.8 Å². The smallest absolute Gasteiger partial charge is 0.374 e. The number of methoxy groups -OCH3 is 1. The zero-order chi connectivity index (χ0) is 12.1. The maximum Gasteiger partial charge on any atom is 0.374 e. The standard InChI is InChI=1S/C11H12N2O3S/c1-15-11(14)10-8(2-3-16-10)4-12-5-9-6-17-7-13-9/h2-3,6-7,12H,4-5H2,1H3. The Kier molecular flexibility index (Phi) is 3.89. The van der Waals surface area contributed by atoms with Crippen molar-refractivity contribution in [2.24, 2.45) is 0 Å². The van der Waals surface area contributed by atoms with E-state index >= 15 is 0 Å². The van der Waals surface area contributed by atoms with Crippen LogP contribution in [0.25, 0.3) is 0 Å². The number of nitrogens with zero attached hydrogens (tertiary/aromatic N) is 1. The minimum atomic E-state index is -0.458. The van der Waals surface area contributed by atoms with Gasteiger partial charge in [0.05, 0.1) is 24.6 Å². The number of nitrogens with one attached hydrogen (secondary N) is 1. The molecule has 0 aliphatic rings. The summed E-state index contributed by atoms with van der Waals surface area (Å²) < 4.78 is 9.69. The maximum absolute atomic E-state index is 11.3. The normalized spacial score (nSPS) is 10.4. The number of rotatable bonds is 5. The van der Waals surface area contributed by atoms with Crippen molar-refractivity contribution in [1.82, 2.24) is 10.3 Å². The highest BCUT2D eigenvalue weighted by atomic mass is 32.1. The first-order chi connectivity index (χ1) is 8.31. The quantitative estimate of drug-likeness (QED) is 0.822. The second-order valence-corrected chi connectivity index (χ2v) is 4.07. The molecule has 90 valence electrons. The van der Waals surface area contributed by atoms with Crippen LogP contribution in [0.4, 0.5) is 0 Å². The summed E-state index contributed by atoms with van der Waals surface area (Å²) in [5, 5.41) is 5.16. The molecule has 1 N–H and O–H groups in total. The van der Waals surface area contributed by atoms with Gasteiger partial charge in [0.2, 0.25) is 5.76 Å². The fourth-order valence-corrected chi connectivity index (χ4v) is 1.96. The van der Waals surface area contributed by atoms with Gasteiger partial charge in [0.25, 0.3) is 0 Å². The highest BCUT2D eigenvalue weighted by Crippen LogP contribution is 2.11. The number of furan rings is 1. The van der Waals surface area contributed by atoms with E-state index < -0.39 is 5.97 Å². The van der Waals surface area contributed by atoms with Crippen LogP contribution in [0.2, 0.25) is 0 Å². The number of carbonyl (C=O) groups excluding carboxylic acids is 1. The summed E-state index contributed by atoms with van der Waals surface area (Å²) in [5.74, 6) is -0.210. The van der Waals surface area contributed by atoms with Crippen molar-refractivity contribution in [2.75, 3.05) is 7.11 Å². The number of hydrogen-bond donors (Lipinski definition) is 1. The van der Waals surface area contributed by atoms with Crippen molar-refractivity contribution >= 4 is 17.3 Å². The molecule has 0 fully saturated rings. The number of carbonyl (C=O) groups is 1. The van der Waals surface area contributed by atoms with E-state index in [1.807, 2.05) is 5.38 Å². The van der Waals surface area contributed by atoms with Gasteiger partial charge >= 0.3 is 5.97 Å². The maximum atomic E-state index is 11.3. The van der Waals surface area contributed by atoms with E-state index in [0.29, 0.717) is 13.1 Å². The Balaban J connectivity index is 1.91. The van der Waals surface area contributed by atoms with Crippen molar-refractivity contribution in [3.05, 3.63) is 40.2 Å². The largest absolute Gasteiger partial charge is 0.463 e. The Labute approximate surface area is 102 Å². The lowest BCUT2D eigenvalue weighted by molar-refractivity contribution is 0.0563. The van der Waals surface area contributed by atoms with Crippen LogP contribution in [0.1, 0.15) is 21.8 Å². The van der Waals surface area contributed by atoms with Crippen LogP contribution in [0.3, 0.4) is 0 Å². The number of esters is 1. The van der Waals surface area contributed by atoms with Gasteiger partial charge in [-0.15, -0.1) is 11.3 Å². The van der Waals surface area contributed by atoms with Gasteiger partial charge in [0.1, 0.15) is 0 Å². The molecule has 0 aliphatic carbocycles. The molecule has 2 aromatic rings. The SMILES string of the molecule is COC(=O)c1occc1CNCc1cscn1. The zero-order valence-corrected chi connectivity index (χ0v) is 10.1. The molecule has 0 saturated heterocycles. The number of aromatic nitrogens is 1. The van der Waals surface area contributed by atoms with E-state index in [-0.39, 0.29) is 5.76 Å². The van der Waals surface area contributed by atoms with Crippen molar-refractivity contribution < 1.29 is 13.9 Å². The molecule has 0 bridgehead atoms. The van der Waals surface area contributed by atoms with Crippen LogP contribution in [0, 0.1) is 0 Å². The lowest BCUT2D eigenvalue weighted by atomic mass is 10.2. The third-order valence-electron chi connectivity index (χ3n) is 2.22. The second-order valence-electron chi connectivity index (χ2n) is 3.35. The summed E-state index contributed by atoms with van der Waals surface area (Å²) in [5.41, 5.74) is 3.56. The zero-order valence-electron chi connectivity index (χ0n) is 9.30. The molecule has 0 unspecified atom stereocenters. The Morgan fingerprint density at radius 2 is 2.47 bits per heavy atom. The molecular weight excluding hydrogens is 240 g/mol. The third kappa shape index (κ3) is 2.92. The van der Waals surface area contributed by atoms with Gasteiger partial charge in [0.15, 0.2) is 0 Å². The average molecular weight is 252 g/mol. The summed E-state index contributed by atoms with van der Waals surface area (Å²) in [4.78, 5) is 15.5. The van der Waals surface area contributed by atoms with Gasteiger partial charge in [-0.05, 0) is 6.07 Å². The molecule has 0 radical (unpaired) electrons. The fourth-order valence-electron chi connectivity index (χ4n) is 1.40. The first-order valence-corrected chi connectivity index (χ1v) is 5.98. The fraction of sp³-hybridized carbons (Fsp3) is 0.273. The van der Waals surface area contributed by atoms with Crippen LogP contribution in [0.5, 0.6) is 0 Å². The molecule has 6 heteroatoms. The van der Waals surface area contributed by atoms with E-state index in [2.05, 4.69) is 15.0 Å². The van der Waals surface area contributed by atoms with Gasteiger partial charge in [-0.3, -0.25) is 0 Å². The van der Waals surface area contributed by atoms with E-state index in [1.54, 1.807) is 22.9 Å². The van der Waals surface area contributed by atoms with Gasteiger partial charge in [-0.2, -0.15) is 0 Å². The number of hydrogen-bond acceptors (Lipinski definition) is 6. The van der Waals surface area contributed by atoms with Gasteiger partial charge in [-0.25, -0.2) is 9.78 Å². The Bertz CT molecular complexity index is 479. The van der Waals surface area contributed by atoms with Crippen molar-refractivity contribution in [3.63, 3.8) is 0 Å². The first-order valence-electron chi connectivity index (χ1n) is 5.03. The Hall–Kier alpha value is -1.66. The predicted molar refractivity (Wildman–Crippen MR) is 62.7 cm³/mol. The third-order valence-corrected chi connectivity index (χ3v) is 2.86.